The number of rotatable bonds is 11. The van der Waals surface area contributed by atoms with E-state index in [2.05, 4.69) is 57.2 Å². The predicted octanol–water partition coefficient (Wildman–Crippen LogP) is 10.0. The molecule has 0 aromatic heterocycles. The van der Waals surface area contributed by atoms with Gasteiger partial charge in [-0.25, -0.2) is 0 Å². The van der Waals surface area contributed by atoms with Crippen molar-refractivity contribution in [3.63, 3.8) is 0 Å². The summed E-state index contributed by atoms with van der Waals surface area (Å²) in [6.07, 6.45) is 15.7. The van der Waals surface area contributed by atoms with Gasteiger partial charge in [-0.1, -0.05) is 0 Å². The number of unbranched alkanes of at least 4 members (excludes halogenated alkanes) is 3. The Kier molecular flexibility index (Phi) is 12.7. The van der Waals surface area contributed by atoms with Crippen molar-refractivity contribution in [1.29, 1.82) is 0 Å². The van der Waals surface area contributed by atoms with Crippen LogP contribution in [-0.4, -0.2) is 53.7 Å². The molecule has 39 heavy (non-hydrogen) atoms. The number of hydrogen-bond donors (Lipinski definition) is 0. The number of amides is 1. The molecule has 5 heteroatoms. The molecule has 0 saturated carbocycles. The summed E-state index contributed by atoms with van der Waals surface area (Å²) in [6.45, 7) is 14.4. The zero-order valence-electron chi connectivity index (χ0n) is 26.0. The zero-order valence-corrected chi connectivity index (χ0v) is 28.9. The van der Waals surface area contributed by atoms with Gasteiger partial charge in [-0.15, -0.1) is 0 Å². The molecule has 220 valence electrons. The van der Waals surface area contributed by atoms with Gasteiger partial charge in [-0.2, -0.15) is 0 Å². The second kappa shape index (κ2) is 15.3. The first-order valence-electron chi connectivity index (χ1n) is 16.1. The molecule has 1 aromatic carbocycles. The predicted molar refractivity (Wildman–Crippen MR) is 167 cm³/mol. The van der Waals surface area contributed by atoms with Crippen LogP contribution in [0.2, 0.25) is 13.3 Å². The molecule has 1 fully saturated rings. The van der Waals surface area contributed by atoms with E-state index >= 15 is 0 Å². The van der Waals surface area contributed by atoms with Crippen LogP contribution in [-0.2, 0) is 9.47 Å². The van der Waals surface area contributed by atoms with Crippen molar-refractivity contribution in [3.8, 4) is 0 Å². The number of ether oxygens (including phenoxy) is 2. The second-order valence-corrected chi connectivity index (χ2v) is 26.6. The van der Waals surface area contributed by atoms with E-state index in [1.807, 2.05) is 25.7 Å². The molecule has 4 nitrogen and oxygen atoms in total. The Morgan fingerprint density at radius 1 is 0.949 bits per heavy atom. The summed E-state index contributed by atoms with van der Waals surface area (Å²) in [5.74, 6) is 0. The van der Waals surface area contributed by atoms with E-state index in [1.54, 1.807) is 3.59 Å². The van der Waals surface area contributed by atoms with Gasteiger partial charge in [0.25, 0.3) is 0 Å². The fourth-order valence-corrected chi connectivity index (χ4v) is 23.1. The molecule has 0 radical (unpaired) electrons. The minimum absolute atomic E-state index is 0.170. The van der Waals surface area contributed by atoms with Crippen LogP contribution in [0.25, 0.3) is 0 Å². The summed E-state index contributed by atoms with van der Waals surface area (Å²) in [5, 5.41) is 0. The number of hydrogen-bond acceptors (Lipinski definition) is 3. The fraction of sp³-hybridized carbons (Fsp3) is 0.735. The molecule has 2 heterocycles. The average Bonchev–Trinajstić information content (AvgIpc) is 3.37. The second-order valence-electron chi connectivity index (χ2n) is 13.2. The summed E-state index contributed by atoms with van der Waals surface area (Å²) in [5.41, 5.74) is 0.150. The third kappa shape index (κ3) is 8.74. The van der Waals surface area contributed by atoms with Crippen molar-refractivity contribution >= 4 is 24.5 Å². The molecule has 1 amide bonds. The molecule has 0 aliphatic carbocycles. The summed E-state index contributed by atoms with van der Waals surface area (Å²) in [6, 6.07) is 10.5. The van der Waals surface area contributed by atoms with Gasteiger partial charge in [0, 0.05) is 0 Å². The molecule has 2 atom stereocenters. The van der Waals surface area contributed by atoms with Gasteiger partial charge in [0.15, 0.2) is 0 Å². The van der Waals surface area contributed by atoms with Crippen LogP contribution in [0.15, 0.2) is 40.0 Å². The minimum atomic E-state index is -2.66. The van der Waals surface area contributed by atoms with Gasteiger partial charge in [0.05, 0.1) is 0 Å². The Bertz CT molecular complexity index is 887. The van der Waals surface area contributed by atoms with Crippen LogP contribution < -0.4 is 0 Å². The maximum atomic E-state index is 13.9. The fourth-order valence-electron chi connectivity index (χ4n) is 6.78. The summed E-state index contributed by atoms with van der Waals surface area (Å²) < 4.78 is 19.2. The molecular formula is C34H57NO3Sn. The van der Waals surface area contributed by atoms with E-state index in [4.69, 9.17) is 9.47 Å². The molecule has 2 aliphatic rings. The Hall–Kier alpha value is -1.01. The van der Waals surface area contributed by atoms with Crippen molar-refractivity contribution in [3.05, 3.63) is 45.6 Å². The summed E-state index contributed by atoms with van der Waals surface area (Å²) >= 11 is -2.66. The average molecular weight is 647 g/mol. The van der Waals surface area contributed by atoms with Gasteiger partial charge in [0.2, 0.25) is 0 Å². The summed E-state index contributed by atoms with van der Waals surface area (Å²) in [4.78, 5) is 15.9. The standard InChI is InChI=1S/C22H30NO3.3C4H9.Sn/c1-21(2,3)26-20(24)23-16-10-5-4-9-14-22(15-11-17-25-22)19(23)18-12-7-6-8-13-18;3*1-3-4-2;/h6-8,12-13,15,19H,4-5,9-10,14,16-17H2,1-3H3;3*1,3-4H2,2H3;/t19-,22+;;;;/m0..../s1. The third-order valence-electron chi connectivity index (χ3n) is 8.86. The number of carbonyl (C=O) groups is 1. The van der Waals surface area contributed by atoms with E-state index in [9.17, 15) is 4.79 Å². The number of nitrogens with zero attached hydrogens (tertiary/aromatic N) is 1. The number of carbonyl (C=O) groups excluding carboxylic acids is 1. The van der Waals surface area contributed by atoms with Crippen molar-refractivity contribution in [2.24, 2.45) is 0 Å². The van der Waals surface area contributed by atoms with E-state index in [0.29, 0.717) is 6.54 Å². The van der Waals surface area contributed by atoms with Gasteiger partial charge >= 0.3 is 245 Å². The van der Waals surface area contributed by atoms with Crippen LogP contribution in [0.3, 0.4) is 0 Å². The Balaban J connectivity index is 2.16. The zero-order chi connectivity index (χ0) is 28.4. The Morgan fingerprint density at radius 2 is 1.54 bits per heavy atom. The van der Waals surface area contributed by atoms with Crippen molar-refractivity contribution < 1.29 is 14.3 Å². The SMILES string of the molecule is CCC[CH2][Sn]([CH2]CCC)([CH2]CCC)[C]1=C[C@@]2(CCCCCCN(C(=O)OC(C)(C)C)[C@H]2c2ccccc2)OC1. The summed E-state index contributed by atoms with van der Waals surface area (Å²) in [7, 11) is 0. The molecular weight excluding hydrogens is 589 g/mol. The van der Waals surface area contributed by atoms with Gasteiger partial charge in [-0.3, -0.25) is 0 Å². The Labute approximate surface area is 244 Å². The van der Waals surface area contributed by atoms with Crippen LogP contribution in [0.5, 0.6) is 0 Å². The van der Waals surface area contributed by atoms with Gasteiger partial charge < -0.3 is 0 Å². The van der Waals surface area contributed by atoms with E-state index in [0.717, 1.165) is 32.3 Å². The van der Waals surface area contributed by atoms with Gasteiger partial charge in [0.1, 0.15) is 0 Å². The third-order valence-corrected chi connectivity index (χ3v) is 24.8. The first kappa shape index (κ1) is 32.5. The number of benzene rings is 1. The van der Waals surface area contributed by atoms with Crippen LogP contribution in [0, 0.1) is 0 Å². The van der Waals surface area contributed by atoms with Crippen LogP contribution in [0.1, 0.15) is 124 Å². The molecule has 2 aliphatic heterocycles. The molecule has 0 unspecified atom stereocenters. The van der Waals surface area contributed by atoms with Crippen LogP contribution in [0.4, 0.5) is 4.79 Å². The van der Waals surface area contributed by atoms with Crippen LogP contribution >= 0.6 is 0 Å². The topological polar surface area (TPSA) is 38.8 Å². The molecule has 3 rings (SSSR count). The van der Waals surface area contributed by atoms with Crippen molar-refractivity contribution in [2.45, 2.75) is 143 Å². The van der Waals surface area contributed by atoms with E-state index < -0.39 is 29.6 Å². The molecule has 0 N–H and O–H groups in total. The maximum absolute atomic E-state index is 13.9. The van der Waals surface area contributed by atoms with Crippen molar-refractivity contribution in [1.82, 2.24) is 4.90 Å². The first-order chi connectivity index (χ1) is 18.7. The Morgan fingerprint density at radius 3 is 2.10 bits per heavy atom. The van der Waals surface area contributed by atoms with E-state index in [-0.39, 0.29) is 12.1 Å². The molecule has 1 aromatic rings. The molecule has 1 saturated heterocycles. The quantitative estimate of drug-likeness (QED) is 0.225. The molecule has 1 spiro atoms. The molecule has 0 bridgehead atoms. The normalized spacial score (nSPS) is 22.8. The first-order valence-corrected chi connectivity index (χ1v) is 23.6. The van der Waals surface area contributed by atoms with Gasteiger partial charge in [-0.05, 0) is 0 Å². The van der Waals surface area contributed by atoms with Crippen molar-refractivity contribution in [2.75, 3.05) is 13.2 Å². The van der Waals surface area contributed by atoms with E-state index in [1.165, 1.54) is 63.8 Å². The monoisotopic (exact) mass is 647 g/mol.